The van der Waals surface area contributed by atoms with Crippen LogP contribution in [0.1, 0.15) is 15.9 Å². The Morgan fingerprint density at radius 1 is 1.04 bits per heavy atom. The fourth-order valence-corrected chi connectivity index (χ4v) is 2.26. The van der Waals surface area contributed by atoms with E-state index in [1.165, 1.54) is 17.0 Å². The molecule has 0 saturated heterocycles. The van der Waals surface area contributed by atoms with Gasteiger partial charge in [-0.05, 0) is 17.7 Å². The molecule has 2 aromatic rings. The Kier molecular flexibility index (Phi) is 5.36. The number of carbonyl (C=O) groups is 2. The standard InChI is InChI=1S/C18H20N2O3/c1-20(2)18(23)15(12-13-8-4-3-5-9-13)19-17(22)14-10-6-7-11-16(14)21/h3-11,15,21H,12H2,1-2H3,(H,19,22). The lowest BCUT2D eigenvalue weighted by molar-refractivity contribution is -0.130. The summed E-state index contributed by atoms with van der Waals surface area (Å²) in [4.78, 5) is 26.1. The van der Waals surface area contributed by atoms with Crippen LogP contribution in [0, 0.1) is 0 Å². The summed E-state index contributed by atoms with van der Waals surface area (Å²) in [6.07, 6.45) is 0.386. The largest absolute Gasteiger partial charge is 0.507 e. The van der Waals surface area contributed by atoms with Crippen molar-refractivity contribution in [2.45, 2.75) is 12.5 Å². The lowest BCUT2D eigenvalue weighted by atomic mass is 10.0. The molecule has 2 aromatic carbocycles. The molecule has 0 radical (unpaired) electrons. The normalized spacial score (nSPS) is 11.6. The highest BCUT2D eigenvalue weighted by Crippen LogP contribution is 2.16. The van der Waals surface area contributed by atoms with Gasteiger partial charge in [0, 0.05) is 20.5 Å². The number of nitrogens with zero attached hydrogens (tertiary/aromatic N) is 1. The topological polar surface area (TPSA) is 69.6 Å². The first-order valence-corrected chi connectivity index (χ1v) is 7.33. The van der Waals surface area contributed by atoms with Crippen LogP contribution in [0.4, 0.5) is 0 Å². The van der Waals surface area contributed by atoms with E-state index in [0.29, 0.717) is 6.42 Å². The number of carbonyl (C=O) groups excluding carboxylic acids is 2. The molecular weight excluding hydrogens is 292 g/mol. The molecule has 0 aliphatic heterocycles. The van der Waals surface area contributed by atoms with Gasteiger partial charge in [-0.1, -0.05) is 42.5 Å². The van der Waals surface area contributed by atoms with E-state index in [2.05, 4.69) is 5.32 Å². The molecule has 23 heavy (non-hydrogen) atoms. The van der Waals surface area contributed by atoms with Crippen LogP contribution in [0.25, 0.3) is 0 Å². The first-order chi connectivity index (χ1) is 11.0. The maximum atomic E-state index is 12.4. The van der Waals surface area contributed by atoms with Crippen LogP contribution < -0.4 is 5.32 Å². The van der Waals surface area contributed by atoms with E-state index >= 15 is 0 Å². The van der Waals surface area contributed by atoms with Crippen LogP contribution in [0.15, 0.2) is 54.6 Å². The minimum absolute atomic E-state index is 0.110. The number of hydrogen-bond acceptors (Lipinski definition) is 3. The Morgan fingerprint density at radius 2 is 1.65 bits per heavy atom. The second-order valence-corrected chi connectivity index (χ2v) is 5.47. The molecule has 0 bridgehead atoms. The average Bonchev–Trinajstić information content (AvgIpc) is 2.54. The number of para-hydroxylation sites is 1. The molecule has 2 N–H and O–H groups in total. The predicted molar refractivity (Wildman–Crippen MR) is 88.2 cm³/mol. The Balaban J connectivity index is 2.19. The summed E-state index contributed by atoms with van der Waals surface area (Å²) >= 11 is 0. The minimum Gasteiger partial charge on any atom is -0.507 e. The van der Waals surface area contributed by atoms with Crippen LogP contribution >= 0.6 is 0 Å². The van der Waals surface area contributed by atoms with Crippen molar-refractivity contribution < 1.29 is 14.7 Å². The molecule has 0 aliphatic rings. The molecule has 5 nitrogen and oxygen atoms in total. The Bertz CT molecular complexity index is 684. The molecule has 5 heteroatoms. The number of amides is 2. The third-order valence-electron chi connectivity index (χ3n) is 3.48. The van der Waals surface area contributed by atoms with Gasteiger partial charge in [-0.3, -0.25) is 9.59 Å². The summed E-state index contributed by atoms with van der Waals surface area (Å²) in [5.41, 5.74) is 1.10. The molecule has 120 valence electrons. The summed E-state index contributed by atoms with van der Waals surface area (Å²) in [6.45, 7) is 0. The quantitative estimate of drug-likeness (QED) is 0.885. The highest BCUT2D eigenvalue weighted by molar-refractivity contribution is 5.99. The Morgan fingerprint density at radius 3 is 2.26 bits per heavy atom. The zero-order valence-electron chi connectivity index (χ0n) is 13.2. The van der Waals surface area contributed by atoms with Crippen molar-refractivity contribution in [3.8, 4) is 5.75 Å². The molecule has 0 aliphatic carbocycles. The van der Waals surface area contributed by atoms with Gasteiger partial charge in [0.25, 0.3) is 5.91 Å². The number of phenols is 1. The van der Waals surface area contributed by atoms with Crippen LogP contribution in [-0.2, 0) is 11.2 Å². The van der Waals surface area contributed by atoms with Crippen LogP contribution in [0.3, 0.4) is 0 Å². The number of benzene rings is 2. The molecule has 0 aromatic heterocycles. The van der Waals surface area contributed by atoms with Crippen molar-refractivity contribution in [3.05, 3.63) is 65.7 Å². The zero-order chi connectivity index (χ0) is 16.8. The van der Waals surface area contributed by atoms with Gasteiger partial charge in [-0.2, -0.15) is 0 Å². The van der Waals surface area contributed by atoms with Crippen molar-refractivity contribution in [1.82, 2.24) is 10.2 Å². The van der Waals surface area contributed by atoms with E-state index in [1.807, 2.05) is 30.3 Å². The molecule has 1 unspecified atom stereocenters. The average molecular weight is 312 g/mol. The van der Waals surface area contributed by atoms with Gasteiger partial charge >= 0.3 is 0 Å². The molecule has 0 fully saturated rings. The lowest BCUT2D eigenvalue weighted by Crippen LogP contribution is -2.47. The monoisotopic (exact) mass is 312 g/mol. The number of rotatable bonds is 5. The van der Waals surface area contributed by atoms with Crippen LogP contribution in [0.2, 0.25) is 0 Å². The minimum atomic E-state index is -0.695. The smallest absolute Gasteiger partial charge is 0.255 e. The van der Waals surface area contributed by atoms with E-state index in [1.54, 1.807) is 26.2 Å². The van der Waals surface area contributed by atoms with Gasteiger partial charge < -0.3 is 15.3 Å². The van der Waals surface area contributed by atoms with Gasteiger partial charge in [0.05, 0.1) is 5.56 Å². The summed E-state index contributed by atoms with van der Waals surface area (Å²) < 4.78 is 0. The molecule has 0 spiro atoms. The number of phenolic OH excluding ortho intramolecular Hbond substituents is 1. The van der Waals surface area contributed by atoms with Crippen molar-refractivity contribution >= 4 is 11.8 Å². The fourth-order valence-electron chi connectivity index (χ4n) is 2.26. The van der Waals surface area contributed by atoms with Crippen LogP contribution in [0.5, 0.6) is 5.75 Å². The lowest BCUT2D eigenvalue weighted by Gasteiger charge is -2.22. The van der Waals surface area contributed by atoms with Crippen molar-refractivity contribution in [3.63, 3.8) is 0 Å². The van der Waals surface area contributed by atoms with Gasteiger partial charge in [0.1, 0.15) is 11.8 Å². The molecule has 2 amide bonds. The predicted octanol–water partition coefficient (Wildman–Crippen LogP) is 1.82. The maximum absolute atomic E-state index is 12.4. The second-order valence-electron chi connectivity index (χ2n) is 5.47. The summed E-state index contributed by atoms with van der Waals surface area (Å²) in [5, 5.41) is 12.5. The van der Waals surface area contributed by atoms with E-state index in [9.17, 15) is 14.7 Å². The van der Waals surface area contributed by atoms with Crippen LogP contribution in [-0.4, -0.2) is 42.0 Å². The van der Waals surface area contributed by atoms with E-state index in [4.69, 9.17) is 0 Å². The summed E-state index contributed by atoms with van der Waals surface area (Å²) in [7, 11) is 3.29. The molecule has 0 saturated carbocycles. The first kappa shape index (κ1) is 16.5. The van der Waals surface area contributed by atoms with E-state index < -0.39 is 11.9 Å². The van der Waals surface area contributed by atoms with Gasteiger partial charge in [-0.15, -0.1) is 0 Å². The van der Waals surface area contributed by atoms with Gasteiger partial charge in [0.2, 0.25) is 5.91 Å². The number of aromatic hydroxyl groups is 1. The summed E-state index contributed by atoms with van der Waals surface area (Å²) in [6, 6.07) is 15.0. The first-order valence-electron chi connectivity index (χ1n) is 7.33. The molecule has 2 rings (SSSR count). The fraction of sp³-hybridized carbons (Fsp3) is 0.222. The van der Waals surface area contributed by atoms with Crippen molar-refractivity contribution in [2.24, 2.45) is 0 Å². The van der Waals surface area contributed by atoms with Gasteiger partial charge in [-0.25, -0.2) is 0 Å². The third kappa shape index (κ3) is 4.32. The van der Waals surface area contributed by atoms with E-state index in [0.717, 1.165) is 5.56 Å². The van der Waals surface area contributed by atoms with Crippen molar-refractivity contribution in [2.75, 3.05) is 14.1 Å². The SMILES string of the molecule is CN(C)C(=O)C(Cc1ccccc1)NC(=O)c1ccccc1O. The highest BCUT2D eigenvalue weighted by atomic mass is 16.3. The van der Waals surface area contributed by atoms with Gasteiger partial charge in [0.15, 0.2) is 0 Å². The Hall–Kier alpha value is -2.82. The third-order valence-corrected chi connectivity index (χ3v) is 3.48. The Labute approximate surface area is 135 Å². The highest BCUT2D eigenvalue weighted by Gasteiger charge is 2.24. The number of nitrogens with one attached hydrogen (secondary N) is 1. The molecule has 1 atom stereocenters. The summed E-state index contributed by atoms with van der Waals surface area (Å²) in [5.74, 6) is -0.780. The van der Waals surface area contributed by atoms with E-state index in [-0.39, 0.29) is 17.2 Å². The maximum Gasteiger partial charge on any atom is 0.255 e. The zero-order valence-corrected chi connectivity index (χ0v) is 13.2. The molecular formula is C18H20N2O3. The molecule has 0 heterocycles. The number of hydrogen-bond donors (Lipinski definition) is 2. The second kappa shape index (κ2) is 7.45. The number of likely N-dealkylation sites (N-methyl/N-ethyl adjacent to an activating group) is 1. The van der Waals surface area contributed by atoms with Crippen molar-refractivity contribution in [1.29, 1.82) is 0 Å².